The van der Waals surface area contributed by atoms with Crippen LogP contribution in [0, 0.1) is 0 Å². The van der Waals surface area contributed by atoms with Gasteiger partial charge in [0.2, 0.25) is 0 Å². The van der Waals surface area contributed by atoms with Gasteiger partial charge in [0.05, 0.1) is 0 Å². The molecule has 0 nitrogen and oxygen atoms in total. The average Bonchev–Trinajstić information content (AvgIpc) is 1.35. The minimum Gasteiger partial charge on any atom is -0.119 e. The van der Waals surface area contributed by atoms with Gasteiger partial charge >= 0.3 is 0 Å². The molecule has 2 heteroatoms. The monoisotopic (exact) mass is 214 g/mol. The van der Waals surface area contributed by atoms with Gasteiger partial charge in [-0.3, -0.25) is 0 Å². The molecule has 0 spiro atoms. The fourth-order valence-electron chi connectivity index (χ4n) is 0. The second-order valence-corrected chi connectivity index (χ2v) is 15.0. The molecule has 0 radical (unpaired) electrons. The third kappa shape index (κ3) is 4.95. The van der Waals surface area contributed by atoms with Gasteiger partial charge in [0, 0.05) is 0 Å². The lowest BCUT2D eigenvalue weighted by molar-refractivity contribution is 1.41. The van der Waals surface area contributed by atoms with E-state index in [1.165, 1.54) is 6.04 Å². The van der Waals surface area contributed by atoms with Crippen molar-refractivity contribution in [2.75, 3.05) is 0 Å². The van der Waals surface area contributed by atoms with Crippen LogP contribution in [0.15, 0.2) is 0 Å². The Bertz CT molecular complexity index is 37.3. The maximum atomic E-state index is 2.58. The van der Waals surface area contributed by atoms with Crippen LogP contribution in [0.2, 0.25) is 19.1 Å². The van der Waals surface area contributed by atoms with Crippen molar-refractivity contribution >= 4 is 27.4 Å². The van der Waals surface area contributed by atoms with E-state index in [1.807, 2.05) is 0 Å². The SMILES string of the molecule is CC[Si](C)(C)I. The number of hydrogen-bond acceptors (Lipinski definition) is 0. The summed E-state index contributed by atoms with van der Waals surface area (Å²) in [6.07, 6.45) is 0. The Hall–Kier alpha value is 0.947. The van der Waals surface area contributed by atoms with Crippen molar-refractivity contribution in [1.29, 1.82) is 0 Å². The van der Waals surface area contributed by atoms with E-state index >= 15 is 0 Å². The quantitative estimate of drug-likeness (QED) is 0.357. The molecule has 0 aliphatic rings. The molecule has 0 saturated heterocycles. The van der Waals surface area contributed by atoms with Crippen LogP contribution < -0.4 is 0 Å². The van der Waals surface area contributed by atoms with Crippen LogP contribution in [0.1, 0.15) is 6.92 Å². The molecule has 0 atom stereocenters. The number of hydrogen-bond donors (Lipinski definition) is 0. The zero-order valence-electron chi connectivity index (χ0n) is 4.59. The fourth-order valence-corrected chi connectivity index (χ4v) is 0. The summed E-state index contributed by atoms with van der Waals surface area (Å²) in [4.78, 5) is 0. The number of halogens is 1. The van der Waals surface area contributed by atoms with Gasteiger partial charge in [0.25, 0.3) is 0 Å². The molecule has 0 heterocycles. The van der Waals surface area contributed by atoms with Gasteiger partial charge in [-0.15, -0.1) is 21.8 Å². The van der Waals surface area contributed by atoms with Gasteiger partial charge in [-0.05, 0) is 0 Å². The van der Waals surface area contributed by atoms with Crippen molar-refractivity contribution < 1.29 is 0 Å². The summed E-state index contributed by atoms with van der Waals surface area (Å²) < 4.78 is 0. The predicted octanol–water partition coefficient (Wildman–Crippen LogP) is 2.65. The van der Waals surface area contributed by atoms with Crippen molar-refractivity contribution in [2.24, 2.45) is 0 Å². The van der Waals surface area contributed by atoms with E-state index in [2.05, 4.69) is 41.8 Å². The van der Waals surface area contributed by atoms with Crippen molar-refractivity contribution in [3.63, 3.8) is 0 Å². The van der Waals surface area contributed by atoms with E-state index < -0.39 is 5.57 Å². The Labute approximate surface area is 53.5 Å². The number of rotatable bonds is 1. The minimum absolute atomic E-state index is 0.661. The van der Waals surface area contributed by atoms with E-state index in [4.69, 9.17) is 0 Å². The summed E-state index contributed by atoms with van der Waals surface area (Å²) in [5.41, 5.74) is -0.661. The van der Waals surface area contributed by atoms with Crippen LogP contribution in [0.4, 0.5) is 0 Å². The van der Waals surface area contributed by atoms with E-state index in [0.29, 0.717) is 0 Å². The van der Waals surface area contributed by atoms with Crippen molar-refractivity contribution in [1.82, 2.24) is 0 Å². The summed E-state index contributed by atoms with van der Waals surface area (Å²) in [6.45, 7) is 7.00. The van der Waals surface area contributed by atoms with E-state index in [9.17, 15) is 0 Å². The Morgan fingerprint density at radius 1 is 1.50 bits per heavy atom. The molecule has 0 aliphatic heterocycles. The van der Waals surface area contributed by atoms with Gasteiger partial charge in [0.1, 0.15) is 5.57 Å². The molecule has 0 aromatic carbocycles. The zero-order chi connectivity index (χ0) is 5.21. The van der Waals surface area contributed by atoms with Gasteiger partial charge in [-0.2, -0.15) is 0 Å². The van der Waals surface area contributed by atoms with Crippen molar-refractivity contribution in [3.05, 3.63) is 0 Å². The lowest BCUT2D eigenvalue weighted by Crippen LogP contribution is -2.11. The molecule has 0 amide bonds. The lowest BCUT2D eigenvalue weighted by Gasteiger charge is -2.06. The maximum Gasteiger partial charge on any atom is 0.119 e. The van der Waals surface area contributed by atoms with Gasteiger partial charge in [-0.25, -0.2) is 0 Å². The molecule has 0 bridgehead atoms. The predicted molar refractivity (Wildman–Crippen MR) is 42.0 cm³/mol. The van der Waals surface area contributed by atoms with Gasteiger partial charge in [0.15, 0.2) is 0 Å². The molecule has 38 valence electrons. The smallest absolute Gasteiger partial charge is 0.119 e. The van der Waals surface area contributed by atoms with E-state index in [1.54, 1.807) is 0 Å². The van der Waals surface area contributed by atoms with Gasteiger partial charge in [-0.1, -0.05) is 26.1 Å². The Morgan fingerprint density at radius 3 is 1.67 bits per heavy atom. The van der Waals surface area contributed by atoms with Crippen LogP contribution >= 0.6 is 21.8 Å². The first-order chi connectivity index (χ1) is 2.56. The molecule has 0 N–H and O–H groups in total. The molecule has 0 aromatic rings. The third-order valence-electron chi connectivity index (χ3n) is 0.841. The molecule has 6 heavy (non-hydrogen) atoms. The summed E-state index contributed by atoms with van der Waals surface area (Å²) >= 11 is 2.58. The standard InChI is InChI=1S/C4H11ISi/c1-4-6(2,3)5/h4H2,1-3H3. The van der Waals surface area contributed by atoms with Gasteiger partial charge < -0.3 is 0 Å². The average molecular weight is 214 g/mol. The maximum absolute atomic E-state index is 2.58. The Morgan fingerprint density at radius 2 is 1.67 bits per heavy atom. The van der Waals surface area contributed by atoms with Crippen LogP contribution in [-0.4, -0.2) is 5.57 Å². The topological polar surface area (TPSA) is 0 Å². The normalized spacial score (nSPS) is 12.0. The summed E-state index contributed by atoms with van der Waals surface area (Å²) in [5, 5.41) is 0. The van der Waals surface area contributed by atoms with Crippen LogP contribution in [0.25, 0.3) is 0 Å². The van der Waals surface area contributed by atoms with E-state index in [0.717, 1.165) is 0 Å². The summed E-state index contributed by atoms with van der Waals surface area (Å²) in [6, 6.07) is 1.40. The highest BCUT2D eigenvalue weighted by Crippen LogP contribution is 2.15. The first kappa shape index (κ1) is 6.95. The van der Waals surface area contributed by atoms with Crippen LogP contribution in [0.5, 0.6) is 0 Å². The molecule has 0 fully saturated rings. The molecule has 0 aromatic heterocycles. The molecule has 0 aliphatic carbocycles. The zero-order valence-corrected chi connectivity index (χ0v) is 7.74. The first-order valence-corrected chi connectivity index (χ1v) is 8.57. The van der Waals surface area contributed by atoms with E-state index in [-0.39, 0.29) is 0 Å². The molecular formula is C4H11ISi. The highest BCUT2D eigenvalue weighted by Gasteiger charge is 2.10. The molecule has 0 unspecified atom stereocenters. The Balaban J connectivity index is 3.17. The van der Waals surface area contributed by atoms with Crippen molar-refractivity contribution in [2.45, 2.75) is 26.1 Å². The second kappa shape index (κ2) is 2.30. The Kier molecular flexibility index (Phi) is 2.67. The highest BCUT2D eigenvalue weighted by atomic mass is 127. The van der Waals surface area contributed by atoms with Crippen LogP contribution in [-0.2, 0) is 0 Å². The fraction of sp³-hybridized carbons (Fsp3) is 1.00. The molecular weight excluding hydrogens is 203 g/mol. The minimum atomic E-state index is -0.661. The van der Waals surface area contributed by atoms with Crippen molar-refractivity contribution in [3.8, 4) is 0 Å². The summed E-state index contributed by atoms with van der Waals surface area (Å²) in [7, 11) is 0. The molecule has 0 saturated carbocycles. The van der Waals surface area contributed by atoms with Crippen LogP contribution in [0.3, 0.4) is 0 Å². The third-order valence-corrected chi connectivity index (χ3v) is 4.81. The first-order valence-electron chi connectivity index (χ1n) is 2.25. The lowest BCUT2D eigenvalue weighted by atomic mass is 11.0. The highest BCUT2D eigenvalue weighted by molar-refractivity contribution is 14.1. The second-order valence-electron chi connectivity index (χ2n) is 2.07. The largest absolute Gasteiger partial charge is 0.119 e. The summed E-state index contributed by atoms with van der Waals surface area (Å²) in [5.74, 6) is 0. The molecule has 0 rings (SSSR count).